The smallest absolute Gasteiger partial charge is 0.254 e. The molecule has 0 fully saturated rings. The van der Waals surface area contributed by atoms with Gasteiger partial charge < -0.3 is 0 Å². The van der Waals surface area contributed by atoms with Gasteiger partial charge in [0.05, 0.1) is 18.0 Å². The quantitative estimate of drug-likeness (QED) is 0.732. The molecule has 0 aliphatic carbocycles. The molecule has 0 spiro atoms. The second-order valence-electron chi connectivity index (χ2n) is 2.73. The van der Waals surface area contributed by atoms with Crippen molar-refractivity contribution in [2.24, 2.45) is 0 Å². The van der Waals surface area contributed by atoms with Gasteiger partial charge in [0, 0.05) is 0 Å². The summed E-state index contributed by atoms with van der Waals surface area (Å²) >= 11 is 5.32. The van der Waals surface area contributed by atoms with Crippen molar-refractivity contribution in [3.8, 4) is 5.69 Å². The minimum Gasteiger partial charge on any atom is -0.276 e. The van der Waals surface area contributed by atoms with Gasteiger partial charge in [-0.25, -0.2) is 4.39 Å². The molecule has 0 bridgehead atoms. The van der Waals surface area contributed by atoms with Gasteiger partial charge in [0.2, 0.25) is 0 Å². The van der Waals surface area contributed by atoms with Gasteiger partial charge in [-0.05, 0) is 23.7 Å². The minimum absolute atomic E-state index is 0.0351. The lowest BCUT2D eigenvalue weighted by atomic mass is 10.2. The Morgan fingerprint density at radius 2 is 2.00 bits per heavy atom. The van der Waals surface area contributed by atoms with Crippen LogP contribution in [-0.2, 0) is 0 Å². The molecule has 0 atom stereocenters. The molecular weight excluding hydrogens is 221 g/mol. The zero-order chi connectivity index (χ0) is 10.8. The maximum atomic E-state index is 13.5. The standard InChI is InChI=1S/C9H5ClFN3O/c10-9(15)6-2-1-3-7(11)8(6)14-12-4-5-13-14/h1-5H. The van der Waals surface area contributed by atoms with E-state index < -0.39 is 11.1 Å². The third-order valence-corrected chi connectivity index (χ3v) is 2.02. The number of nitrogens with zero attached hydrogens (tertiary/aromatic N) is 3. The third-order valence-electron chi connectivity index (χ3n) is 1.82. The number of hydrogen-bond donors (Lipinski definition) is 0. The summed E-state index contributed by atoms with van der Waals surface area (Å²) in [4.78, 5) is 12.1. The number of aromatic nitrogens is 3. The molecule has 0 amide bonds. The fourth-order valence-corrected chi connectivity index (χ4v) is 1.36. The minimum atomic E-state index is -0.748. The Kier molecular flexibility index (Phi) is 2.47. The molecule has 1 heterocycles. The summed E-state index contributed by atoms with van der Waals surface area (Å²) in [6.45, 7) is 0. The van der Waals surface area contributed by atoms with Crippen molar-refractivity contribution < 1.29 is 9.18 Å². The van der Waals surface area contributed by atoms with E-state index in [9.17, 15) is 9.18 Å². The number of carbonyl (C=O) groups is 1. The molecule has 6 heteroatoms. The molecule has 0 N–H and O–H groups in total. The van der Waals surface area contributed by atoms with E-state index in [0.29, 0.717) is 0 Å². The maximum Gasteiger partial charge on any atom is 0.254 e. The van der Waals surface area contributed by atoms with Gasteiger partial charge in [-0.3, -0.25) is 4.79 Å². The first-order chi connectivity index (χ1) is 7.20. The lowest BCUT2D eigenvalue weighted by Gasteiger charge is -2.05. The average molecular weight is 226 g/mol. The van der Waals surface area contributed by atoms with Crippen molar-refractivity contribution in [3.05, 3.63) is 42.0 Å². The van der Waals surface area contributed by atoms with Crippen LogP contribution in [-0.4, -0.2) is 20.2 Å². The fourth-order valence-electron chi connectivity index (χ4n) is 1.21. The molecule has 76 valence electrons. The molecule has 0 aliphatic heterocycles. The Morgan fingerprint density at radius 3 is 2.60 bits per heavy atom. The second kappa shape index (κ2) is 3.78. The van der Waals surface area contributed by atoms with E-state index in [4.69, 9.17) is 11.6 Å². The van der Waals surface area contributed by atoms with Crippen molar-refractivity contribution in [1.29, 1.82) is 0 Å². The van der Waals surface area contributed by atoms with Gasteiger partial charge >= 0.3 is 0 Å². The van der Waals surface area contributed by atoms with Crippen LogP contribution in [0, 0.1) is 5.82 Å². The van der Waals surface area contributed by atoms with Crippen molar-refractivity contribution in [3.63, 3.8) is 0 Å². The fraction of sp³-hybridized carbons (Fsp3) is 0. The predicted molar refractivity (Wildman–Crippen MR) is 51.5 cm³/mol. The van der Waals surface area contributed by atoms with Crippen molar-refractivity contribution in [2.75, 3.05) is 0 Å². The van der Waals surface area contributed by atoms with Crippen LogP contribution >= 0.6 is 11.6 Å². The van der Waals surface area contributed by atoms with E-state index in [1.165, 1.54) is 30.6 Å². The van der Waals surface area contributed by atoms with Gasteiger partial charge in [0.25, 0.3) is 5.24 Å². The van der Waals surface area contributed by atoms with E-state index in [0.717, 1.165) is 4.80 Å². The average Bonchev–Trinajstić information content (AvgIpc) is 2.70. The first-order valence-corrected chi connectivity index (χ1v) is 4.43. The summed E-state index contributed by atoms with van der Waals surface area (Å²) in [6.07, 6.45) is 2.77. The summed E-state index contributed by atoms with van der Waals surface area (Å²) in [7, 11) is 0. The number of para-hydroxylation sites is 1. The Hall–Kier alpha value is -1.75. The van der Waals surface area contributed by atoms with Gasteiger partial charge in [0.1, 0.15) is 5.69 Å². The maximum absolute atomic E-state index is 13.5. The third kappa shape index (κ3) is 1.73. The number of carbonyl (C=O) groups excluding carboxylic acids is 1. The molecule has 0 saturated carbocycles. The van der Waals surface area contributed by atoms with Crippen LogP contribution < -0.4 is 0 Å². The number of hydrogen-bond acceptors (Lipinski definition) is 3. The summed E-state index contributed by atoms with van der Waals surface area (Å²) in [5.41, 5.74) is -0.00429. The predicted octanol–water partition coefficient (Wildman–Crippen LogP) is 1.79. The Labute approximate surface area is 89.3 Å². The van der Waals surface area contributed by atoms with Crippen molar-refractivity contribution in [1.82, 2.24) is 15.0 Å². The molecule has 0 radical (unpaired) electrons. The highest BCUT2D eigenvalue weighted by molar-refractivity contribution is 6.68. The number of halogens is 2. The lowest BCUT2D eigenvalue weighted by molar-refractivity contribution is 0.108. The van der Waals surface area contributed by atoms with E-state index in [-0.39, 0.29) is 11.3 Å². The van der Waals surface area contributed by atoms with Gasteiger partial charge in [-0.15, -0.1) is 4.80 Å². The molecule has 4 nitrogen and oxygen atoms in total. The highest BCUT2D eigenvalue weighted by Crippen LogP contribution is 2.18. The zero-order valence-corrected chi connectivity index (χ0v) is 8.15. The van der Waals surface area contributed by atoms with Crippen LogP contribution in [0.25, 0.3) is 5.69 Å². The summed E-state index contributed by atoms with van der Waals surface area (Å²) in [5.74, 6) is -0.599. The second-order valence-corrected chi connectivity index (χ2v) is 3.07. The first kappa shape index (κ1) is 9.79. The summed E-state index contributed by atoms with van der Waals surface area (Å²) < 4.78 is 13.5. The molecular formula is C9H5ClFN3O. The molecule has 2 rings (SSSR count). The lowest BCUT2D eigenvalue weighted by Crippen LogP contribution is -2.07. The SMILES string of the molecule is O=C(Cl)c1cccc(F)c1-n1nccn1. The highest BCUT2D eigenvalue weighted by Gasteiger charge is 2.15. The Bertz CT molecular complexity index is 498. The van der Waals surface area contributed by atoms with E-state index in [1.54, 1.807) is 0 Å². The van der Waals surface area contributed by atoms with Crippen molar-refractivity contribution in [2.45, 2.75) is 0 Å². The molecule has 2 aromatic rings. The molecule has 0 saturated heterocycles. The summed E-state index contributed by atoms with van der Waals surface area (Å²) in [6, 6.07) is 4.02. The van der Waals surface area contributed by atoms with E-state index >= 15 is 0 Å². The van der Waals surface area contributed by atoms with Crippen LogP contribution in [0.3, 0.4) is 0 Å². The van der Waals surface area contributed by atoms with Crippen molar-refractivity contribution >= 4 is 16.8 Å². The molecule has 0 unspecified atom stereocenters. The monoisotopic (exact) mass is 225 g/mol. The number of rotatable bonds is 2. The van der Waals surface area contributed by atoms with Crippen LogP contribution in [0.4, 0.5) is 4.39 Å². The van der Waals surface area contributed by atoms with Crippen LogP contribution in [0.5, 0.6) is 0 Å². The van der Waals surface area contributed by atoms with Gasteiger partial charge in [0.15, 0.2) is 5.82 Å². The summed E-state index contributed by atoms with van der Waals surface area (Å²) in [5, 5.41) is 6.74. The Morgan fingerprint density at radius 1 is 1.33 bits per heavy atom. The van der Waals surface area contributed by atoms with Crippen LogP contribution in [0.2, 0.25) is 0 Å². The van der Waals surface area contributed by atoms with E-state index in [2.05, 4.69) is 10.2 Å². The Balaban J connectivity index is 2.68. The van der Waals surface area contributed by atoms with E-state index in [1.807, 2.05) is 0 Å². The largest absolute Gasteiger partial charge is 0.276 e. The molecule has 0 aliphatic rings. The van der Waals surface area contributed by atoms with Crippen LogP contribution in [0.1, 0.15) is 10.4 Å². The topological polar surface area (TPSA) is 47.8 Å². The number of benzene rings is 1. The van der Waals surface area contributed by atoms with Gasteiger partial charge in [-0.1, -0.05) is 6.07 Å². The molecule has 1 aromatic carbocycles. The zero-order valence-electron chi connectivity index (χ0n) is 7.39. The molecule has 15 heavy (non-hydrogen) atoms. The normalized spacial score (nSPS) is 10.3. The molecule has 1 aromatic heterocycles. The highest BCUT2D eigenvalue weighted by atomic mass is 35.5. The van der Waals surface area contributed by atoms with Crippen LogP contribution in [0.15, 0.2) is 30.6 Å². The first-order valence-electron chi connectivity index (χ1n) is 4.05. The van der Waals surface area contributed by atoms with Gasteiger partial charge in [-0.2, -0.15) is 10.2 Å².